The van der Waals surface area contributed by atoms with E-state index in [0.29, 0.717) is 6.42 Å². The summed E-state index contributed by atoms with van der Waals surface area (Å²) in [5, 5.41) is 10.4. The van der Waals surface area contributed by atoms with E-state index in [-0.39, 0.29) is 17.4 Å². The molecule has 0 aromatic heterocycles. The van der Waals surface area contributed by atoms with Crippen molar-refractivity contribution in [2.45, 2.75) is 31.3 Å². The highest BCUT2D eigenvalue weighted by Gasteiger charge is 2.22. The molecule has 23 heavy (non-hydrogen) atoms. The molecular weight excluding hydrogens is 310 g/mol. The second kappa shape index (κ2) is 7.73. The van der Waals surface area contributed by atoms with E-state index in [0.717, 1.165) is 11.1 Å². The van der Waals surface area contributed by atoms with Gasteiger partial charge in [0.2, 0.25) is 10.0 Å². The molecule has 5 heteroatoms. The molecule has 0 saturated heterocycles. The normalized spacial score (nSPS) is 14.4. The zero-order chi connectivity index (χ0) is 16.9. The summed E-state index contributed by atoms with van der Waals surface area (Å²) in [6.45, 7) is 4.05. The van der Waals surface area contributed by atoms with Crippen molar-refractivity contribution in [3.8, 4) is 0 Å². The molecular formula is C18H23NO3S. The fraction of sp³-hybridized carbons (Fsp3) is 0.333. The fourth-order valence-corrected chi connectivity index (χ4v) is 3.51. The topological polar surface area (TPSA) is 66.4 Å². The third kappa shape index (κ3) is 4.64. The molecule has 0 radical (unpaired) electrons. The highest BCUT2D eigenvalue weighted by molar-refractivity contribution is 7.89. The SMILES string of the molecule is CC[C@H](CNS(=O)(=O)c1ccc(C)cc1)[C@H](O)c1ccccc1. The molecule has 0 aliphatic carbocycles. The number of hydrogen-bond donors (Lipinski definition) is 2. The van der Waals surface area contributed by atoms with E-state index in [1.807, 2.05) is 44.2 Å². The summed E-state index contributed by atoms with van der Waals surface area (Å²) < 4.78 is 27.3. The number of aliphatic hydroxyl groups is 1. The van der Waals surface area contributed by atoms with Crippen LogP contribution >= 0.6 is 0 Å². The van der Waals surface area contributed by atoms with Crippen LogP contribution in [0.25, 0.3) is 0 Å². The van der Waals surface area contributed by atoms with Crippen LogP contribution < -0.4 is 4.72 Å². The first-order chi connectivity index (χ1) is 10.9. The van der Waals surface area contributed by atoms with E-state index in [1.54, 1.807) is 24.3 Å². The molecule has 0 heterocycles. The zero-order valence-corrected chi connectivity index (χ0v) is 14.3. The van der Waals surface area contributed by atoms with Crippen molar-refractivity contribution >= 4 is 10.0 Å². The molecule has 0 saturated carbocycles. The Bertz CT molecular complexity index is 712. The number of hydrogen-bond acceptors (Lipinski definition) is 3. The van der Waals surface area contributed by atoms with E-state index in [1.165, 1.54) is 0 Å². The predicted molar refractivity (Wildman–Crippen MR) is 91.6 cm³/mol. The Morgan fingerprint density at radius 1 is 1.04 bits per heavy atom. The van der Waals surface area contributed by atoms with E-state index in [9.17, 15) is 13.5 Å². The molecule has 2 rings (SSSR count). The summed E-state index contributed by atoms with van der Waals surface area (Å²) in [4.78, 5) is 0.243. The van der Waals surface area contributed by atoms with E-state index < -0.39 is 16.1 Å². The van der Waals surface area contributed by atoms with Gasteiger partial charge in [0.1, 0.15) is 0 Å². The number of aryl methyl sites for hydroxylation is 1. The molecule has 2 aromatic carbocycles. The van der Waals surface area contributed by atoms with Crippen molar-refractivity contribution < 1.29 is 13.5 Å². The molecule has 0 bridgehead atoms. The average molecular weight is 333 g/mol. The van der Waals surface area contributed by atoms with Crippen molar-refractivity contribution in [3.63, 3.8) is 0 Å². The van der Waals surface area contributed by atoms with Crippen LogP contribution in [0.2, 0.25) is 0 Å². The number of benzene rings is 2. The molecule has 2 N–H and O–H groups in total. The van der Waals surface area contributed by atoms with Gasteiger partial charge in [-0.3, -0.25) is 0 Å². The van der Waals surface area contributed by atoms with Crippen LogP contribution in [0.4, 0.5) is 0 Å². The molecule has 0 spiro atoms. The standard InChI is InChI=1S/C18H23NO3S/c1-3-15(18(20)16-7-5-4-6-8-16)13-19-23(21,22)17-11-9-14(2)10-12-17/h4-12,15,18-20H,3,13H2,1-2H3/t15-,18+/m1/s1. The van der Waals surface area contributed by atoms with Crippen molar-refractivity contribution in [2.75, 3.05) is 6.54 Å². The third-order valence-corrected chi connectivity index (χ3v) is 5.42. The van der Waals surface area contributed by atoms with E-state index in [4.69, 9.17) is 0 Å². The van der Waals surface area contributed by atoms with Crippen molar-refractivity contribution in [1.29, 1.82) is 0 Å². The minimum atomic E-state index is -3.56. The second-order valence-corrected chi connectivity index (χ2v) is 7.46. The van der Waals surface area contributed by atoms with Gasteiger partial charge in [-0.05, 0) is 31.0 Å². The first kappa shape index (κ1) is 17.7. The maximum Gasteiger partial charge on any atom is 0.240 e. The van der Waals surface area contributed by atoms with Gasteiger partial charge in [-0.25, -0.2) is 13.1 Å². The smallest absolute Gasteiger partial charge is 0.240 e. The lowest BCUT2D eigenvalue weighted by Gasteiger charge is -2.22. The summed E-state index contributed by atoms with van der Waals surface area (Å²) in [6.07, 6.45) is -0.0196. The number of aliphatic hydroxyl groups excluding tert-OH is 1. The zero-order valence-electron chi connectivity index (χ0n) is 13.4. The average Bonchev–Trinajstić information content (AvgIpc) is 2.56. The highest BCUT2D eigenvalue weighted by Crippen LogP contribution is 2.24. The fourth-order valence-electron chi connectivity index (χ4n) is 2.42. The van der Waals surface area contributed by atoms with Crippen molar-refractivity contribution in [3.05, 3.63) is 65.7 Å². The minimum absolute atomic E-state index is 0.183. The maximum atomic E-state index is 12.3. The minimum Gasteiger partial charge on any atom is -0.388 e. The molecule has 0 aliphatic heterocycles. The molecule has 0 fully saturated rings. The largest absolute Gasteiger partial charge is 0.388 e. The van der Waals surface area contributed by atoms with Crippen molar-refractivity contribution in [2.24, 2.45) is 5.92 Å². The third-order valence-electron chi connectivity index (χ3n) is 3.98. The van der Waals surface area contributed by atoms with E-state index in [2.05, 4.69) is 4.72 Å². The summed E-state index contributed by atoms with van der Waals surface area (Å²) in [6, 6.07) is 16.0. The van der Waals surface area contributed by atoms with Gasteiger partial charge >= 0.3 is 0 Å². The van der Waals surface area contributed by atoms with Gasteiger partial charge in [0.05, 0.1) is 11.0 Å². The summed E-state index contributed by atoms with van der Waals surface area (Å²) in [5.74, 6) is -0.183. The van der Waals surface area contributed by atoms with Gasteiger partial charge in [-0.1, -0.05) is 55.0 Å². The van der Waals surface area contributed by atoms with Crippen LogP contribution in [0.1, 0.15) is 30.6 Å². The van der Waals surface area contributed by atoms with Crippen molar-refractivity contribution in [1.82, 2.24) is 4.72 Å². The van der Waals surface area contributed by atoms with Crippen LogP contribution in [0.5, 0.6) is 0 Å². The molecule has 2 aromatic rings. The lowest BCUT2D eigenvalue weighted by atomic mass is 9.94. The highest BCUT2D eigenvalue weighted by atomic mass is 32.2. The van der Waals surface area contributed by atoms with E-state index >= 15 is 0 Å². The Kier molecular flexibility index (Phi) is 5.93. The molecule has 0 aliphatic rings. The first-order valence-electron chi connectivity index (χ1n) is 7.73. The van der Waals surface area contributed by atoms with Gasteiger partial charge < -0.3 is 5.11 Å². The molecule has 4 nitrogen and oxygen atoms in total. The van der Waals surface area contributed by atoms with Gasteiger partial charge in [0.25, 0.3) is 0 Å². The predicted octanol–water partition coefficient (Wildman–Crippen LogP) is 3.03. The Morgan fingerprint density at radius 3 is 2.22 bits per heavy atom. The van der Waals surface area contributed by atoms with Gasteiger partial charge in [0, 0.05) is 12.5 Å². The monoisotopic (exact) mass is 333 g/mol. The van der Waals surface area contributed by atoms with Crippen LogP contribution in [-0.2, 0) is 10.0 Å². The van der Waals surface area contributed by atoms with Crippen LogP contribution in [0, 0.1) is 12.8 Å². The number of sulfonamides is 1. The lowest BCUT2D eigenvalue weighted by molar-refractivity contribution is 0.108. The Morgan fingerprint density at radius 2 is 1.65 bits per heavy atom. The molecule has 2 atom stereocenters. The quantitative estimate of drug-likeness (QED) is 0.818. The van der Waals surface area contributed by atoms with Crippen LogP contribution in [0.3, 0.4) is 0 Å². The second-order valence-electron chi connectivity index (χ2n) is 5.69. The summed E-state index contributed by atoms with van der Waals surface area (Å²) in [5.41, 5.74) is 1.81. The first-order valence-corrected chi connectivity index (χ1v) is 9.21. The number of rotatable bonds is 7. The maximum absolute atomic E-state index is 12.3. The van der Waals surface area contributed by atoms with Gasteiger partial charge in [-0.15, -0.1) is 0 Å². The van der Waals surface area contributed by atoms with Crippen LogP contribution in [-0.4, -0.2) is 20.1 Å². The van der Waals surface area contributed by atoms with Gasteiger partial charge in [-0.2, -0.15) is 0 Å². The summed E-state index contributed by atoms with van der Waals surface area (Å²) in [7, 11) is -3.56. The Hall–Kier alpha value is -1.69. The van der Waals surface area contributed by atoms with Gasteiger partial charge in [0.15, 0.2) is 0 Å². The lowest BCUT2D eigenvalue weighted by Crippen LogP contribution is -2.32. The number of nitrogens with one attached hydrogen (secondary N) is 1. The Labute approximate surface area is 138 Å². The molecule has 0 unspecified atom stereocenters. The summed E-state index contributed by atoms with van der Waals surface area (Å²) >= 11 is 0. The Balaban J connectivity index is 2.06. The van der Waals surface area contributed by atoms with Crippen LogP contribution in [0.15, 0.2) is 59.5 Å². The molecule has 0 amide bonds. The molecule has 124 valence electrons.